The van der Waals surface area contributed by atoms with Crippen molar-refractivity contribution < 1.29 is 9.05 Å². The number of alkyl halides is 1. The number of rotatable bonds is 3. The summed E-state index contributed by atoms with van der Waals surface area (Å²) in [6.45, 7) is 0. The molecule has 1 saturated carbocycles. The van der Waals surface area contributed by atoms with Crippen LogP contribution in [0.15, 0.2) is 0 Å². The van der Waals surface area contributed by atoms with Crippen LogP contribution in [0.1, 0.15) is 19.3 Å². The van der Waals surface area contributed by atoms with Crippen LogP contribution < -0.4 is 0 Å². The van der Waals surface area contributed by atoms with Gasteiger partial charge in [0.1, 0.15) is 0 Å². The third kappa shape index (κ3) is 2.47. The average molecular weight is 306 g/mol. The van der Waals surface area contributed by atoms with E-state index in [0.29, 0.717) is 0 Å². The van der Waals surface area contributed by atoms with E-state index >= 15 is 0 Å². The Bertz CT molecular complexity index is 130. The first-order valence-electron chi connectivity index (χ1n) is 3.58. The van der Waals surface area contributed by atoms with E-state index in [0.717, 1.165) is 18.8 Å². The maximum atomic E-state index is 5.25. The molecule has 0 N–H and O–H groups in total. The Kier molecular flexibility index (Phi) is 4.49. The van der Waals surface area contributed by atoms with Gasteiger partial charge in [-0.3, -0.25) is 0 Å². The highest BCUT2D eigenvalue weighted by molar-refractivity contribution is 14.1. The maximum absolute atomic E-state index is 5.25. The fraction of sp³-hybridized carbons (Fsp3) is 1.00. The Morgan fingerprint density at radius 2 is 2.09 bits per heavy atom. The van der Waals surface area contributed by atoms with Crippen LogP contribution in [0.2, 0.25) is 0 Å². The van der Waals surface area contributed by atoms with E-state index in [1.165, 1.54) is 10.8 Å². The number of hydrogen-bond acceptors (Lipinski definition) is 2. The predicted octanol–water partition coefficient (Wildman–Crippen LogP) is 2.53. The summed E-state index contributed by atoms with van der Waals surface area (Å²) in [6.07, 6.45) is 3.24. The molecule has 3 atom stereocenters. The molecule has 0 spiro atoms. The van der Waals surface area contributed by atoms with Gasteiger partial charge in [-0.25, -0.2) is 0 Å². The summed E-state index contributed by atoms with van der Waals surface area (Å²) in [7, 11) is 4.59. The second-order valence-electron chi connectivity index (χ2n) is 2.91. The summed E-state index contributed by atoms with van der Waals surface area (Å²) in [6, 6.07) is 0. The van der Waals surface area contributed by atoms with Crippen LogP contribution >= 0.6 is 41.5 Å². The molecule has 2 unspecified atom stereocenters. The van der Waals surface area contributed by atoms with Gasteiger partial charge in [-0.1, -0.05) is 22.6 Å². The second-order valence-corrected chi connectivity index (χ2v) is 4.26. The SMILES string of the molecule is POC1(OP)CC[C@H](CI)C1. The molecule has 1 aliphatic carbocycles. The molecular weight excluding hydrogens is 293 g/mol. The van der Waals surface area contributed by atoms with Crippen LogP contribution in [0.4, 0.5) is 0 Å². The monoisotopic (exact) mass is 306 g/mol. The van der Waals surface area contributed by atoms with Crippen LogP contribution in [0.5, 0.6) is 0 Å². The van der Waals surface area contributed by atoms with Gasteiger partial charge in [0, 0.05) is 36.2 Å². The summed E-state index contributed by atoms with van der Waals surface area (Å²) >= 11 is 2.41. The Morgan fingerprint density at radius 3 is 2.36 bits per heavy atom. The summed E-state index contributed by atoms with van der Waals surface area (Å²) in [5, 5.41) is 0. The van der Waals surface area contributed by atoms with Crippen LogP contribution in [-0.4, -0.2) is 10.2 Å². The highest BCUT2D eigenvalue weighted by atomic mass is 127. The average Bonchev–Trinajstić information content (AvgIpc) is 2.49. The van der Waals surface area contributed by atoms with Crippen molar-refractivity contribution in [2.45, 2.75) is 25.0 Å². The largest absolute Gasteiger partial charge is 0.334 e. The highest BCUT2D eigenvalue weighted by Gasteiger charge is 2.39. The summed E-state index contributed by atoms with van der Waals surface area (Å²) < 4.78 is 11.7. The van der Waals surface area contributed by atoms with Gasteiger partial charge < -0.3 is 9.05 Å². The topological polar surface area (TPSA) is 18.5 Å². The normalized spacial score (nSPS) is 29.2. The molecule has 66 valence electrons. The molecule has 0 saturated heterocycles. The zero-order chi connectivity index (χ0) is 8.32. The minimum Gasteiger partial charge on any atom is -0.334 e. The minimum atomic E-state index is -0.328. The molecule has 1 fully saturated rings. The molecule has 0 radical (unpaired) electrons. The van der Waals surface area contributed by atoms with E-state index < -0.39 is 0 Å². The van der Waals surface area contributed by atoms with E-state index in [1.807, 2.05) is 0 Å². The van der Waals surface area contributed by atoms with Gasteiger partial charge in [0.05, 0.1) is 0 Å². The van der Waals surface area contributed by atoms with E-state index in [9.17, 15) is 0 Å². The first-order chi connectivity index (χ1) is 5.26. The molecule has 2 nitrogen and oxygen atoms in total. The fourth-order valence-electron chi connectivity index (χ4n) is 1.44. The Morgan fingerprint density at radius 1 is 1.45 bits per heavy atom. The van der Waals surface area contributed by atoms with E-state index in [2.05, 4.69) is 41.5 Å². The van der Waals surface area contributed by atoms with Gasteiger partial charge in [0.15, 0.2) is 5.79 Å². The van der Waals surface area contributed by atoms with E-state index in [1.54, 1.807) is 0 Å². The quantitative estimate of drug-likeness (QED) is 0.345. The van der Waals surface area contributed by atoms with Crippen molar-refractivity contribution in [3.63, 3.8) is 0 Å². The number of hydrogen-bond donors (Lipinski definition) is 0. The number of halogens is 1. The first kappa shape index (κ1) is 10.6. The third-order valence-corrected chi connectivity index (χ3v) is 4.29. The van der Waals surface area contributed by atoms with Crippen LogP contribution in [-0.2, 0) is 9.05 Å². The Balaban J connectivity index is 2.48. The lowest BCUT2D eigenvalue weighted by Crippen LogP contribution is -2.25. The summed E-state index contributed by atoms with van der Waals surface area (Å²) in [5.74, 6) is 0.433. The van der Waals surface area contributed by atoms with Crippen LogP contribution in [0.3, 0.4) is 0 Å². The molecule has 5 heteroatoms. The standard InChI is InChI=1S/C6H13IO2P2/c7-4-5-1-2-6(3-5,8-10)9-11/h5H,1-4,10-11H2/t5-/m0/s1. The van der Waals surface area contributed by atoms with Gasteiger partial charge in [0.2, 0.25) is 0 Å². The zero-order valence-corrected chi connectivity index (χ0v) is 10.7. The molecular formula is C6H13IO2P2. The van der Waals surface area contributed by atoms with Crippen molar-refractivity contribution >= 4 is 41.5 Å². The predicted molar refractivity (Wildman–Crippen MR) is 60.5 cm³/mol. The molecule has 0 amide bonds. The van der Waals surface area contributed by atoms with Crippen LogP contribution in [0, 0.1) is 5.92 Å². The molecule has 0 aromatic rings. The lowest BCUT2D eigenvalue weighted by molar-refractivity contribution is -0.0852. The van der Waals surface area contributed by atoms with Gasteiger partial charge in [-0.2, -0.15) is 0 Å². The van der Waals surface area contributed by atoms with Crippen molar-refractivity contribution in [3.05, 3.63) is 0 Å². The van der Waals surface area contributed by atoms with Gasteiger partial charge in [-0.05, 0) is 12.3 Å². The molecule has 1 aliphatic rings. The van der Waals surface area contributed by atoms with E-state index in [4.69, 9.17) is 9.05 Å². The molecule has 0 aliphatic heterocycles. The van der Waals surface area contributed by atoms with Gasteiger partial charge in [0.25, 0.3) is 0 Å². The zero-order valence-electron chi connectivity index (χ0n) is 6.25. The summed E-state index contributed by atoms with van der Waals surface area (Å²) in [5.41, 5.74) is 0. The second kappa shape index (κ2) is 4.66. The van der Waals surface area contributed by atoms with Crippen molar-refractivity contribution in [1.82, 2.24) is 0 Å². The minimum absolute atomic E-state index is 0.328. The van der Waals surface area contributed by atoms with Crippen molar-refractivity contribution in [3.8, 4) is 0 Å². The molecule has 0 bridgehead atoms. The molecule has 0 aromatic heterocycles. The lowest BCUT2D eigenvalue weighted by atomic mass is 10.1. The van der Waals surface area contributed by atoms with Crippen molar-refractivity contribution in [1.29, 1.82) is 0 Å². The Labute approximate surface area is 85.9 Å². The van der Waals surface area contributed by atoms with Gasteiger partial charge in [-0.15, -0.1) is 0 Å². The highest BCUT2D eigenvalue weighted by Crippen LogP contribution is 2.41. The van der Waals surface area contributed by atoms with Crippen molar-refractivity contribution in [2.75, 3.05) is 4.43 Å². The van der Waals surface area contributed by atoms with E-state index in [-0.39, 0.29) is 5.79 Å². The van der Waals surface area contributed by atoms with Crippen LogP contribution in [0.25, 0.3) is 0 Å². The summed E-state index contributed by atoms with van der Waals surface area (Å²) in [4.78, 5) is 0. The lowest BCUT2D eigenvalue weighted by Gasteiger charge is -2.24. The molecule has 0 heterocycles. The molecule has 0 aromatic carbocycles. The molecule has 11 heavy (non-hydrogen) atoms. The maximum Gasteiger partial charge on any atom is 0.174 e. The smallest absolute Gasteiger partial charge is 0.174 e. The fourth-order valence-corrected chi connectivity index (χ4v) is 2.84. The van der Waals surface area contributed by atoms with Crippen molar-refractivity contribution in [2.24, 2.45) is 5.92 Å². The first-order valence-corrected chi connectivity index (χ1v) is 6.05. The molecule has 1 rings (SSSR count). The van der Waals surface area contributed by atoms with Gasteiger partial charge >= 0.3 is 0 Å². The third-order valence-electron chi connectivity index (χ3n) is 2.18. The Hall–Kier alpha value is 1.51.